The second kappa shape index (κ2) is 11.5. The number of hydrogen-bond acceptors (Lipinski definition) is 8. The van der Waals surface area contributed by atoms with E-state index in [1.807, 2.05) is 75.4 Å². The number of furan rings is 1. The molecule has 2 heterocycles. The fourth-order valence-corrected chi connectivity index (χ4v) is 4.90. The van der Waals surface area contributed by atoms with E-state index in [9.17, 15) is 4.79 Å². The number of carbonyl (C=O) groups is 1. The van der Waals surface area contributed by atoms with Gasteiger partial charge in [-0.2, -0.15) is 0 Å². The van der Waals surface area contributed by atoms with Gasteiger partial charge in [0.15, 0.2) is 0 Å². The predicted octanol–water partition coefficient (Wildman–Crippen LogP) is 6.61. The van der Waals surface area contributed by atoms with Gasteiger partial charge in [0.2, 0.25) is 11.6 Å². The summed E-state index contributed by atoms with van der Waals surface area (Å²) in [5.74, 6) is 1.57. The normalized spacial score (nSPS) is 17.6. The molecule has 8 heteroatoms. The highest BCUT2D eigenvalue weighted by molar-refractivity contribution is 6.03. The summed E-state index contributed by atoms with van der Waals surface area (Å²) in [6.07, 6.45) is 4.53. The molecule has 2 aromatic carbocycles. The first-order chi connectivity index (χ1) is 18.8. The minimum atomic E-state index is -0.540. The quantitative estimate of drug-likeness (QED) is 0.235. The smallest absolute Gasteiger partial charge is 0.332 e. The fourth-order valence-electron chi connectivity index (χ4n) is 4.90. The van der Waals surface area contributed by atoms with Crippen LogP contribution in [0.15, 0.2) is 65.3 Å². The molecular weight excluding hydrogens is 496 g/mol. The van der Waals surface area contributed by atoms with Gasteiger partial charge in [-0.15, -0.1) is 0 Å². The van der Waals surface area contributed by atoms with Crippen LogP contribution >= 0.6 is 0 Å². The number of carbonyl (C=O) groups excluding carboxylic acids is 1. The average Bonchev–Trinajstić information content (AvgIpc) is 3.32. The molecule has 204 valence electrons. The van der Waals surface area contributed by atoms with Gasteiger partial charge in [0.25, 0.3) is 0 Å². The Morgan fingerprint density at radius 1 is 0.974 bits per heavy atom. The number of nitrogens with zero attached hydrogens (tertiary/aromatic N) is 2. The van der Waals surface area contributed by atoms with Crippen LogP contribution in [0.3, 0.4) is 0 Å². The summed E-state index contributed by atoms with van der Waals surface area (Å²) in [5, 5.41) is 0.721. The molecule has 0 N–H and O–H groups in total. The van der Waals surface area contributed by atoms with E-state index in [0.717, 1.165) is 47.1 Å². The van der Waals surface area contributed by atoms with Crippen LogP contribution in [0.1, 0.15) is 46.5 Å². The summed E-state index contributed by atoms with van der Waals surface area (Å²) in [7, 11) is 1.64. The lowest BCUT2D eigenvalue weighted by Crippen LogP contribution is -2.33. The first kappa shape index (κ1) is 26.7. The van der Waals surface area contributed by atoms with Crippen molar-refractivity contribution in [1.29, 1.82) is 0 Å². The van der Waals surface area contributed by atoms with Crippen molar-refractivity contribution in [2.75, 3.05) is 13.7 Å². The average molecular weight is 531 g/mol. The number of hydrogen-bond donors (Lipinski definition) is 0. The summed E-state index contributed by atoms with van der Waals surface area (Å²) in [5.41, 5.74) is 2.65. The van der Waals surface area contributed by atoms with Crippen LogP contribution in [0.4, 0.5) is 0 Å². The van der Waals surface area contributed by atoms with E-state index in [1.165, 1.54) is 6.33 Å². The molecule has 0 spiro atoms. The van der Waals surface area contributed by atoms with Gasteiger partial charge in [-0.05, 0) is 57.7 Å². The third kappa shape index (κ3) is 6.40. The van der Waals surface area contributed by atoms with Crippen molar-refractivity contribution in [3.8, 4) is 34.1 Å². The molecule has 0 bridgehead atoms. The first-order valence-corrected chi connectivity index (χ1v) is 13.3. The van der Waals surface area contributed by atoms with E-state index in [-0.39, 0.29) is 24.8 Å². The van der Waals surface area contributed by atoms with Gasteiger partial charge < -0.3 is 23.4 Å². The molecule has 1 fully saturated rings. The molecule has 1 aliphatic carbocycles. The summed E-state index contributed by atoms with van der Waals surface area (Å²) >= 11 is 0. The molecule has 8 nitrogen and oxygen atoms in total. The number of methoxy groups -OCH3 is 1. The lowest BCUT2D eigenvalue weighted by atomic mass is 9.94. The van der Waals surface area contributed by atoms with E-state index >= 15 is 0 Å². The number of esters is 1. The molecule has 1 saturated carbocycles. The van der Waals surface area contributed by atoms with Crippen molar-refractivity contribution in [1.82, 2.24) is 9.97 Å². The highest BCUT2D eigenvalue weighted by Crippen LogP contribution is 2.44. The maximum atomic E-state index is 12.1. The maximum Gasteiger partial charge on any atom is 0.332 e. The van der Waals surface area contributed by atoms with Gasteiger partial charge in [-0.1, -0.05) is 42.5 Å². The molecule has 0 unspecified atom stereocenters. The Labute approximate surface area is 228 Å². The molecule has 2 aromatic heterocycles. The third-order valence-corrected chi connectivity index (χ3v) is 6.58. The monoisotopic (exact) mass is 530 g/mol. The zero-order valence-electron chi connectivity index (χ0n) is 22.8. The number of ether oxygens (including phenoxy) is 4. The van der Waals surface area contributed by atoms with Crippen molar-refractivity contribution in [2.45, 2.75) is 64.3 Å². The summed E-state index contributed by atoms with van der Waals surface area (Å²) in [4.78, 5) is 21.1. The van der Waals surface area contributed by atoms with Gasteiger partial charge in [-0.25, -0.2) is 14.8 Å². The Morgan fingerprint density at radius 2 is 1.72 bits per heavy atom. The number of benzene rings is 2. The lowest BCUT2D eigenvalue weighted by molar-refractivity contribution is -0.163. The molecule has 0 saturated heterocycles. The largest absolute Gasteiger partial charge is 0.497 e. The minimum Gasteiger partial charge on any atom is -0.497 e. The predicted molar refractivity (Wildman–Crippen MR) is 148 cm³/mol. The van der Waals surface area contributed by atoms with Crippen LogP contribution in [0, 0.1) is 0 Å². The maximum absolute atomic E-state index is 12.1. The van der Waals surface area contributed by atoms with Gasteiger partial charge in [0, 0.05) is 17.5 Å². The van der Waals surface area contributed by atoms with Gasteiger partial charge in [-0.3, -0.25) is 0 Å². The van der Waals surface area contributed by atoms with E-state index in [0.29, 0.717) is 23.8 Å². The van der Waals surface area contributed by atoms with Crippen molar-refractivity contribution in [2.24, 2.45) is 0 Å². The van der Waals surface area contributed by atoms with Crippen LogP contribution in [0.2, 0.25) is 0 Å². The van der Waals surface area contributed by atoms with Gasteiger partial charge in [0.1, 0.15) is 41.5 Å². The molecule has 39 heavy (non-hydrogen) atoms. The molecule has 0 aliphatic heterocycles. The van der Waals surface area contributed by atoms with Crippen molar-refractivity contribution >= 4 is 17.1 Å². The Morgan fingerprint density at radius 3 is 2.44 bits per heavy atom. The van der Waals surface area contributed by atoms with Crippen molar-refractivity contribution in [3.63, 3.8) is 0 Å². The van der Waals surface area contributed by atoms with E-state index in [4.69, 9.17) is 23.4 Å². The standard InChI is InChI=1S/C31H34N2O6/c1-31(2,3)39-25(34)18-36-23-11-8-12-24(17-23)37-29-27-26(20-13-15-22(35-4)16-14-20)28(21-9-6-5-7-10-21)38-30(27)33-19-32-29/h5-7,9-10,13-16,19,23-24H,8,11-12,17-18H2,1-4H3/t23-,24+/m1/s1. The van der Waals surface area contributed by atoms with Gasteiger partial charge >= 0.3 is 5.97 Å². The van der Waals surface area contributed by atoms with Crippen LogP contribution in [-0.4, -0.2) is 47.5 Å². The minimum absolute atomic E-state index is 0.0732. The van der Waals surface area contributed by atoms with Crippen molar-refractivity contribution in [3.05, 3.63) is 60.9 Å². The highest BCUT2D eigenvalue weighted by atomic mass is 16.6. The van der Waals surface area contributed by atoms with Crippen LogP contribution in [0.25, 0.3) is 33.6 Å². The topological polar surface area (TPSA) is 92.9 Å². The fraction of sp³-hybridized carbons (Fsp3) is 0.387. The zero-order valence-corrected chi connectivity index (χ0v) is 22.8. The Bertz CT molecular complexity index is 1410. The Balaban J connectivity index is 1.43. The second-order valence-corrected chi connectivity index (χ2v) is 10.7. The summed E-state index contributed by atoms with van der Waals surface area (Å²) in [6.45, 7) is 5.46. The molecule has 0 amide bonds. The van der Waals surface area contributed by atoms with Crippen LogP contribution in [-0.2, 0) is 14.3 Å². The number of fused-ring (bicyclic) bond motifs is 1. The van der Waals surface area contributed by atoms with Crippen LogP contribution in [0.5, 0.6) is 11.6 Å². The molecular formula is C31H34N2O6. The van der Waals surface area contributed by atoms with Crippen molar-refractivity contribution < 1.29 is 28.2 Å². The SMILES string of the molecule is COc1ccc(-c2c(-c3ccccc3)oc3ncnc(O[C@H]4CCC[C@@H](OCC(=O)OC(C)(C)C)C4)c23)cc1. The molecule has 5 rings (SSSR count). The Hall–Kier alpha value is -3.91. The Kier molecular flexibility index (Phi) is 7.84. The number of rotatable bonds is 8. The molecule has 4 aromatic rings. The van der Waals surface area contributed by atoms with Crippen LogP contribution < -0.4 is 9.47 Å². The van der Waals surface area contributed by atoms with E-state index in [2.05, 4.69) is 9.97 Å². The molecule has 2 atom stereocenters. The molecule has 1 aliphatic rings. The third-order valence-electron chi connectivity index (χ3n) is 6.58. The first-order valence-electron chi connectivity index (χ1n) is 13.3. The molecule has 0 radical (unpaired) electrons. The second-order valence-electron chi connectivity index (χ2n) is 10.7. The van der Waals surface area contributed by atoms with E-state index < -0.39 is 5.60 Å². The summed E-state index contributed by atoms with van der Waals surface area (Å²) in [6, 6.07) is 17.8. The van der Waals surface area contributed by atoms with Gasteiger partial charge in [0.05, 0.1) is 13.2 Å². The zero-order chi connectivity index (χ0) is 27.4. The highest BCUT2D eigenvalue weighted by Gasteiger charge is 2.29. The van der Waals surface area contributed by atoms with E-state index in [1.54, 1.807) is 7.11 Å². The lowest BCUT2D eigenvalue weighted by Gasteiger charge is -2.29. The number of aromatic nitrogens is 2. The summed E-state index contributed by atoms with van der Waals surface area (Å²) < 4.78 is 29.5.